The van der Waals surface area contributed by atoms with Gasteiger partial charge in [-0.15, -0.1) is 0 Å². The summed E-state index contributed by atoms with van der Waals surface area (Å²) in [5.41, 5.74) is 12.1. The average molecular weight is 428 g/mol. The molecule has 0 aliphatic rings. The molecule has 0 spiro atoms. The highest BCUT2D eigenvalue weighted by Crippen LogP contribution is 2.36. The highest BCUT2D eigenvalue weighted by molar-refractivity contribution is 14.1. The molecular weight excluding hydrogens is 411 g/mol. The molecule has 8 heteroatoms. The SMILES string of the molecule is COc1cc(C(C)C)c(Oc2cnc(N)nc2I)cc1C(N)=O. The van der Waals surface area contributed by atoms with E-state index >= 15 is 0 Å². The molecule has 4 N–H and O–H groups in total. The van der Waals surface area contributed by atoms with Gasteiger partial charge in [-0.2, -0.15) is 0 Å². The largest absolute Gasteiger partial charge is 0.496 e. The average Bonchev–Trinajstić information content (AvgIpc) is 2.49. The van der Waals surface area contributed by atoms with Crippen LogP contribution in [0.1, 0.15) is 35.7 Å². The monoisotopic (exact) mass is 428 g/mol. The number of rotatable bonds is 5. The van der Waals surface area contributed by atoms with E-state index < -0.39 is 5.91 Å². The second-order valence-corrected chi connectivity index (χ2v) is 6.12. The lowest BCUT2D eigenvalue weighted by molar-refractivity contribution is 0.0997. The summed E-state index contributed by atoms with van der Waals surface area (Å²) in [7, 11) is 1.49. The van der Waals surface area contributed by atoms with Gasteiger partial charge in [0, 0.05) is 5.56 Å². The highest BCUT2D eigenvalue weighted by atomic mass is 127. The molecule has 2 aromatic rings. The number of benzene rings is 1. The Morgan fingerprint density at radius 3 is 2.48 bits per heavy atom. The third kappa shape index (κ3) is 3.81. The van der Waals surface area contributed by atoms with E-state index in [1.165, 1.54) is 13.3 Å². The quantitative estimate of drug-likeness (QED) is 0.559. The van der Waals surface area contributed by atoms with E-state index in [4.69, 9.17) is 20.9 Å². The Kier molecular flexibility index (Phi) is 5.24. The maximum atomic E-state index is 11.6. The Bertz CT molecular complexity index is 750. The van der Waals surface area contributed by atoms with Crippen LogP contribution in [0.5, 0.6) is 17.2 Å². The molecule has 2 rings (SSSR count). The number of methoxy groups -OCH3 is 1. The van der Waals surface area contributed by atoms with Crippen LogP contribution in [0.15, 0.2) is 18.3 Å². The number of amides is 1. The van der Waals surface area contributed by atoms with Gasteiger partial charge < -0.3 is 20.9 Å². The van der Waals surface area contributed by atoms with E-state index in [1.807, 2.05) is 36.4 Å². The van der Waals surface area contributed by atoms with Gasteiger partial charge in [0.2, 0.25) is 5.95 Å². The molecule has 0 radical (unpaired) electrons. The zero-order valence-electron chi connectivity index (χ0n) is 13.0. The molecule has 1 aromatic heterocycles. The van der Waals surface area contributed by atoms with Gasteiger partial charge in [-0.25, -0.2) is 9.97 Å². The molecule has 0 fully saturated rings. The fourth-order valence-electron chi connectivity index (χ4n) is 2.03. The summed E-state index contributed by atoms with van der Waals surface area (Å²) in [6.07, 6.45) is 1.49. The van der Waals surface area contributed by atoms with E-state index in [9.17, 15) is 4.79 Å². The van der Waals surface area contributed by atoms with E-state index in [1.54, 1.807) is 12.1 Å². The molecule has 122 valence electrons. The van der Waals surface area contributed by atoms with Gasteiger partial charge in [-0.05, 0) is 40.6 Å². The Morgan fingerprint density at radius 1 is 1.26 bits per heavy atom. The summed E-state index contributed by atoms with van der Waals surface area (Å²) in [6.45, 7) is 4.02. The van der Waals surface area contributed by atoms with Gasteiger partial charge in [0.25, 0.3) is 5.91 Å². The lowest BCUT2D eigenvalue weighted by Gasteiger charge is -2.17. The number of nitrogen functional groups attached to an aromatic ring is 1. The lowest BCUT2D eigenvalue weighted by Crippen LogP contribution is -2.13. The lowest BCUT2D eigenvalue weighted by atomic mass is 9.99. The van der Waals surface area contributed by atoms with Crippen LogP contribution < -0.4 is 20.9 Å². The number of hydrogen-bond donors (Lipinski definition) is 2. The fraction of sp³-hybridized carbons (Fsp3) is 0.267. The van der Waals surface area contributed by atoms with Crippen LogP contribution in [0.3, 0.4) is 0 Å². The molecule has 0 saturated carbocycles. The number of hydrogen-bond acceptors (Lipinski definition) is 6. The third-order valence-corrected chi connectivity index (χ3v) is 3.94. The molecule has 7 nitrogen and oxygen atoms in total. The Morgan fingerprint density at radius 2 is 1.96 bits per heavy atom. The van der Waals surface area contributed by atoms with Gasteiger partial charge in [-0.1, -0.05) is 13.8 Å². The zero-order chi connectivity index (χ0) is 17.1. The number of ether oxygens (including phenoxy) is 2. The number of primary amides is 1. The second-order valence-electron chi connectivity index (χ2n) is 5.09. The molecule has 0 saturated heterocycles. The second kappa shape index (κ2) is 6.99. The van der Waals surface area contributed by atoms with Crippen LogP contribution in [-0.4, -0.2) is 23.0 Å². The van der Waals surface area contributed by atoms with Crippen molar-refractivity contribution in [1.82, 2.24) is 9.97 Å². The first kappa shape index (κ1) is 17.3. The van der Waals surface area contributed by atoms with Crippen LogP contribution in [0.25, 0.3) is 0 Å². The van der Waals surface area contributed by atoms with Gasteiger partial charge in [-0.3, -0.25) is 4.79 Å². The van der Waals surface area contributed by atoms with Crippen molar-refractivity contribution >= 4 is 34.4 Å². The molecule has 0 aliphatic carbocycles. The molecule has 23 heavy (non-hydrogen) atoms. The summed E-state index contributed by atoms with van der Waals surface area (Å²) in [6, 6.07) is 3.33. The summed E-state index contributed by atoms with van der Waals surface area (Å²) in [4.78, 5) is 19.6. The molecule has 0 aliphatic heterocycles. The summed E-state index contributed by atoms with van der Waals surface area (Å²) >= 11 is 2.01. The van der Waals surface area contributed by atoms with Gasteiger partial charge >= 0.3 is 0 Å². The number of aromatic nitrogens is 2. The smallest absolute Gasteiger partial charge is 0.252 e. The third-order valence-electron chi connectivity index (χ3n) is 3.17. The summed E-state index contributed by atoms with van der Waals surface area (Å²) < 4.78 is 11.7. The fourth-order valence-corrected chi connectivity index (χ4v) is 2.52. The normalized spacial score (nSPS) is 10.7. The first-order valence-electron chi connectivity index (χ1n) is 6.81. The first-order valence-corrected chi connectivity index (χ1v) is 7.89. The number of carbonyl (C=O) groups excluding carboxylic acids is 1. The molecule has 0 atom stereocenters. The van der Waals surface area contributed by atoms with Crippen molar-refractivity contribution in [3.63, 3.8) is 0 Å². The highest BCUT2D eigenvalue weighted by Gasteiger charge is 2.19. The zero-order valence-corrected chi connectivity index (χ0v) is 15.1. The van der Waals surface area contributed by atoms with E-state index in [0.29, 0.717) is 20.9 Å². The van der Waals surface area contributed by atoms with Gasteiger partial charge in [0.1, 0.15) is 15.2 Å². The first-order chi connectivity index (χ1) is 10.8. The minimum atomic E-state index is -0.592. The molecule has 1 aromatic carbocycles. The number of carbonyl (C=O) groups is 1. The van der Waals surface area contributed by atoms with Crippen LogP contribution in [0.4, 0.5) is 5.95 Å². The topological polar surface area (TPSA) is 113 Å². The van der Waals surface area contributed by atoms with Crippen molar-refractivity contribution in [2.24, 2.45) is 5.73 Å². The van der Waals surface area contributed by atoms with Crippen LogP contribution in [0, 0.1) is 3.70 Å². The predicted molar refractivity (Wildman–Crippen MR) is 94.8 cm³/mol. The number of halogens is 1. The Hall–Kier alpha value is -2.10. The van der Waals surface area contributed by atoms with Crippen LogP contribution in [0.2, 0.25) is 0 Å². The van der Waals surface area contributed by atoms with Crippen molar-refractivity contribution in [3.05, 3.63) is 33.2 Å². The maximum Gasteiger partial charge on any atom is 0.252 e. The molecular formula is C15H17IN4O3. The van der Waals surface area contributed by atoms with E-state index in [0.717, 1.165) is 5.56 Å². The van der Waals surface area contributed by atoms with Gasteiger partial charge in [0.15, 0.2) is 5.75 Å². The predicted octanol–water partition coefficient (Wildman–Crippen LogP) is 2.69. The summed E-state index contributed by atoms with van der Waals surface area (Å²) in [5, 5.41) is 0. The van der Waals surface area contributed by atoms with Crippen LogP contribution in [-0.2, 0) is 0 Å². The van der Waals surface area contributed by atoms with Gasteiger partial charge in [0.05, 0.1) is 18.9 Å². The van der Waals surface area contributed by atoms with E-state index in [2.05, 4.69) is 9.97 Å². The summed E-state index contributed by atoms with van der Waals surface area (Å²) in [5.74, 6) is 1.08. The van der Waals surface area contributed by atoms with Crippen molar-refractivity contribution in [2.45, 2.75) is 19.8 Å². The minimum absolute atomic E-state index is 0.146. The standard InChI is InChI=1S/C15H17IN4O3/c1-7(2)8-4-10(22-3)9(14(17)21)5-11(8)23-12-6-19-15(18)20-13(12)16/h4-7H,1-3H3,(H2,17,21)(H2,18,19,20). The number of nitrogens with zero attached hydrogens (tertiary/aromatic N) is 2. The van der Waals surface area contributed by atoms with Crippen molar-refractivity contribution in [3.8, 4) is 17.2 Å². The molecule has 0 bridgehead atoms. The number of nitrogens with two attached hydrogens (primary N) is 2. The Labute approximate surface area is 147 Å². The molecule has 1 amide bonds. The van der Waals surface area contributed by atoms with E-state index in [-0.39, 0.29) is 17.4 Å². The van der Waals surface area contributed by atoms with Crippen molar-refractivity contribution in [1.29, 1.82) is 0 Å². The molecule has 1 heterocycles. The van der Waals surface area contributed by atoms with Crippen LogP contribution >= 0.6 is 22.6 Å². The number of anilines is 1. The maximum absolute atomic E-state index is 11.6. The van der Waals surface area contributed by atoms with Crippen molar-refractivity contribution < 1.29 is 14.3 Å². The van der Waals surface area contributed by atoms with Crippen molar-refractivity contribution in [2.75, 3.05) is 12.8 Å². The molecule has 0 unspecified atom stereocenters. The Balaban J connectivity index is 2.55. The minimum Gasteiger partial charge on any atom is -0.496 e.